The molecule has 0 atom stereocenters. The summed E-state index contributed by atoms with van der Waals surface area (Å²) < 4.78 is 11.3. The lowest BCUT2D eigenvalue weighted by Crippen LogP contribution is -2.42. The van der Waals surface area contributed by atoms with E-state index in [2.05, 4.69) is 50.3 Å². The molecule has 0 unspecified atom stereocenters. The molecule has 4 nitrogen and oxygen atoms in total. The highest BCUT2D eigenvalue weighted by atomic mass is 16.5. The highest BCUT2D eigenvalue weighted by molar-refractivity contribution is 5.27. The average Bonchev–Trinajstić information content (AvgIpc) is 2.40. The second-order valence-electron chi connectivity index (χ2n) is 5.78. The van der Waals surface area contributed by atoms with Crippen molar-refractivity contribution >= 4 is 0 Å². The van der Waals surface area contributed by atoms with Crippen molar-refractivity contribution in [2.45, 2.75) is 25.9 Å². The van der Waals surface area contributed by atoms with Crippen molar-refractivity contribution in [2.24, 2.45) is 0 Å². The third kappa shape index (κ3) is 5.90. The molecule has 0 saturated heterocycles. The van der Waals surface area contributed by atoms with Crippen molar-refractivity contribution in [3.8, 4) is 5.75 Å². The quantitative estimate of drug-likeness (QED) is 0.703. The Morgan fingerprint density at radius 1 is 1.10 bits per heavy atom. The van der Waals surface area contributed by atoms with Gasteiger partial charge in [0.25, 0.3) is 0 Å². The molecule has 1 N–H and O–H groups in total. The molecule has 1 aromatic rings. The van der Waals surface area contributed by atoms with Gasteiger partial charge in [-0.1, -0.05) is 12.1 Å². The molecule has 0 aromatic heterocycles. The van der Waals surface area contributed by atoms with E-state index in [0.717, 1.165) is 12.3 Å². The molecule has 0 heterocycles. The predicted octanol–water partition coefficient (Wildman–Crippen LogP) is 2.14. The fourth-order valence-electron chi connectivity index (χ4n) is 1.58. The normalized spacial score (nSPS) is 11.9. The molecule has 0 radical (unpaired) electrons. The first-order valence-electron chi connectivity index (χ1n) is 7.07. The zero-order chi connectivity index (χ0) is 15.0. The number of benzene rings is 1. The van der Waals surface area contributed by atoms with Crippen molar-refractivity contribution < 1.29 is 9.47 Å². The van der Waals surface area contributed by atoms with Gasteiger partial charge in [0.15, 0.2) is 0 Å². The summed E-state index contributed by atoms with van der Waals surface area (Å²) in [4.78, 5) is 2.16. The molecule has 0 fully saturated rings. The minimum atomic E-state index is 0.0504. The van der Waals surface area contributed by atoms with E-state index in [1.165, 1.54) is 5.56 Å². The van der Waals surface area contributed by atoms with Crippen LogP contribution in [-0.4, -0.2) is 51.4 Å². The largest absolute Gasteiger partial charge is 0.491 e. The summed E-state index contributed by atoms with van der Waals surface area (Å²) in [6, 6.07) is 8.14. The van der Waals surface area contributed by atoms with Gasteiger partial charge in [0.05, 0.1) is 13.2 Å². The summed E-state index contributed by atoms with van der Waals surface area (Å²) in [5.41, 5.74) is 1.30. The molecule has 0 aliphatic heterocycles. The van der Waals surface area contributed by atoms with E-state index in [4.69, 9.17) is 9.47 Å². The maximum atomic E-state index is 5.67. The Kier molecular flexibility index (Phi) is 6.99. The topological polar surface area (TPSA) is 33.7 Å². The smallest absolute Gasteiger partial charge is 0.119 e. The summed E-state index contributed by atoms with van der Waals surface area (Å²) >= 11 is 0. The van der Waals surface area contributed by atoms with Crippen molar-refractivity contribution in [3.63, 3.8) is 0 Å². The standard InChI is InChI=1S/C16H28N2O2/c1-16(2,18(4)5)13-19-10-11-20-15-8-6-14(7-9-15)12-17-3/h6-9,17H,10-13H2,1-5H3. The van der Waals surface area contributed by atoms with Crippen LogP contribution in [0.1, 0.15) is 19.4 Å². The molecule has 114 valence electrons. The van der Waals surface area contributed by atoms with Crippen LogP contribution in [0.15, 0.2) is 24.3 Å². The van der Waals surface area contributed by atoms with Crippen molar-refractivity contribution in [1.82, 2.24) is 10.2 Å². The summed E-state index contributed by atoms with van der Waals surface area (Å²) in [5.74, 6) is 0.889. The van der Waals surface area contributed by atoms with Crippen LogP contribution in [0.5, 0.6) is 5.75 Å². The fourth-order valence-corrected chi connectivity index (χ4v) is 1.58. The molecular weight excluding hydrogens is 252 g/mol. The fraction of sp³-hybridized carbons (Fsp3) is 0.625. The Balaban J connectivity index is 2.21. The highest BCUT2D eigenvalue weighted by Gasteiger charge is 2.20. The van der Waals surface area contributed by atoms with Gasteiger partial charge in [-0.3, -0.25) is 0 Å². The average molecular weight is 280 g/mol. The second-order valence-corrected chi connectivity index (χ2v) is 5.78. The monoisotopic (exact) mass is 280 g/mol. The van der Waals surface area contributed by atoms with Gasteiger partial charge >= 0.3 is 0 Å². The molecule has 0 saturated carbocycles. The number of nitrogens with zero attached hydrogens (tertiary/aromatic N) is 1. The van der Waals surface area contributed by atoms with E-state index in [1.807, 2.05) is 19.2 Å². The lowest BCUT2D eigenvalue weighted by Gasteiger charge is -2.32. The lowest BCUT2D eigenvalue weighted by atomic mass is 10.1. The number of hydrogen-bond donors (Lipinski definition) is 1. The minimum Gasteiger partial charge on any atom is -0.491 e. The SMILES string of the molecule is CNCc1ccc(OCCOCC(C)(C)N(C)C)cc1. The first kappa shape index (κ1) is 17.0. The van der Waals surface area contributed by atoms with Gasteiger partial charge in [0.2, 0.25) is 0 Å². The molecule has 0 amide bonds. The molecule has 0 spiro atoms. The van der Waals surface area contributed by atoms with Crippen molar-refractivity contribution in [3.05, 3.63) is 29.8 Å². The zero-order valence-corrected chi connectivity index (χ0v) is 13.4. The van der Waals surface area contributed by atoms with E-state index in [1.54, 1.807) is 0 Å². The lowest BCUT2D eigenvalue weighted by molar-refractivity contribution is 0.0236. The molecule has 4 heteroatoms. The third-order valence-electron chi connectivity index (χ3n) is 3.47. The van der Waals surface area contributed by atoms with Gasteiger partial charge < -0.3 is 19.7 Å². The number of rotatable bonds is 9. The minimum absolute atomic E-state index is 0.0504. The van der Waals surface area contributed by atoms with E-state index >= 15 is 0 Å². The van der Waals surface area contributed by atoms with Gasteiger partial charge in [-0.25, -0.2) is 0 Å². The van der Waals surface area contributed by atoms with Crippen LogP contribution in [0, 0.1) is 0 Å². The molecule has 1 aromatic carbocycles. The summed E-state index contributed by atoms with van der Waals surface area (Å²) in [6.45, 7) is 7.08. The van der Waals surface area contributed by atoms with Crippen LogP contribution in [0.25, 0.3) is 0 Å². The van der Waals surface area contributed by atoms with Crippen LogP contribution in [0.4, 0.5) is 0 Å². The Morgan fingerprint density at radius 2 is 1.75 bits per heavy atom. The molecular formula is C16H28N2O2. The van der Waals surface area contributed by atoms with Crippen molar-refractivity contribution in [2.75, 3.05) is 41.0 Å². The first-order valence-corrected chi connectivity index (χ1v) is 7.07. The van der Waals surface area contributed by atoms with Crippen LogP contribution in [0.2, 0.25) is 0 Å². The summed E-state index contributed by atoms with van der Waals surface area (Å²) in [7, 11) is 6.07. The number of likely N-dealkylation sites (N-methyl/N-ethyl adjacent to an activating group) is 1. The van der Waals surface area contributed by atoms with Crippen molar-refractivity contribution in [1.29, 1.82) is 0 Å². The van der Waals surface area contributed by atoms with E-state index in [0.29, 0.717) is 19.8 Å². The van der Waals surface area contributed by atoms with E-state index in [9.17, 15) is 0 Å². The van der Waals surface area contributed by atoms with Crippen LogP contribution in [-0.2, 0) is 11.3 Å². The van der Waals surface area contributed by atoms with Gasteiger partial charge in [-0.05, 0) is 52.7 Å². The number of ether oxygens (including phenoxy) is 2. The predicted molar refractivity (Wildman–Crippen MR) is 83.3 cm³/mol. The third-order valence-corrected chi connectivity index (χ3v) is 3.47. The molecule has 0 bridgehead atoms. The van der Waals surface area contributed by atoms with Crippen LogP contribution < -0.4 is 10.1 Å². The van der Waals surface area contributed by atoms with Gasteiger partial charge in [0, 0.05) is 12.1 Å². The summed E-state index contributed by atoms with van der Waals surface area (Å²) in [5, 5.41) is 3.12. The van der Waals surface area contributed by atoms with Gasteiger partial charge in [-0.2, -0.15) is 0 Å². The highest BCUT2D eigenvalue weighted by Crippen LogP contribution is 2.12. The maximum absolute atomic E-state index is 5.67. The summed E-state index contributed by atoms with van der Waals surface area (Å²) in [6.07, 6.45) is 0. The van der Waals surface area contributed by atoms with Crippen LogP contribution in [0.3, 0.4) is 0 Å². The molecule has 1 rings (SSSR count). The maximum Gasteiger partial charge on any atom is 0.119 e. The van der Waals surface area contributed by atoms with Gasteiger partial charge in [-0.15, -0.1) is 0 Å². The molecule has 0 aliphatic carbocycles. The van der Waals surface area contributed by atoms with E-state index < -0.39 is 0 Å². The number of nitrogens with one attached hydrogen (secondary N) is 1. The molecule has 0 aliphatic rings. The number of hydrogen-bond acceptors (Lipinski definition) is 4. The zero-order valence-electron chi connectivity index (χ0n) is 13.4. The Labute approximate surface area is 123 Å². The Bertz CT molecular complexity index is 375. The molecule has 20 heavy (non-hydrogen) atoms. The Morgan fingerprint density at radius 3 is 2.30 bits per heavy atom. The second kappa shape index (κ2) is 8.25. The van der Waals surface area contributed by atoms with Gasteiger partial charge in [0.1, 0.15) is 12.4 Å². The Hall–Kier alpha value is -1.10. The first-order chi connectivity index (χ1) is 9.45. The van der Waals surface area contributed by atoms with E-state index in [-0.39, 0.29) is 5.54 Å². The van der Waals surface area contributed by atoms with Crippen LogP contribution >= 0.6 is 0 Å².